The highest BCUT2D eigenvalue weighted by Gasteiger charge is 2.40. The number of amides is 1. The lowest BCUT2D eigenvalue weighted by atomic mass is 9.90. The van der Waals surface area contributed by atoms with E-state index in [4.69, 9.17) is 42.8 Å². The molecule has 3 aliphatic rings. The van der Waals surface area contributed by atoms with Crippen LogP contribution < -0.4 is 25.4 Å². The molecule has 2 fully saturated rings. The van der Waals surface area contributed by atoms with Gasteiger partial charge in [-0.2, -0.15) is 0 Å². The predicted molar refractivity (Wildman–Crippen MR) is 148 cm³/mol. The lowest BCUT2D eigenvalue weighted by Gasteiger charge is -2.33. The minimum Gasteiger partial charge on any atom is -0.493 e. The molecule has 11 heteroatoms. The van der Waals surface area contributed by atoms with Gasteiger partial charge in [0.2, 0.25) is 0 Å². The fourth-order valence-corrected chi connectivity index (χ4v) is 5.73. The van der Waals surface area contributed by atoms with Gasteiger partial charge in [-0.3, -0.25) is 9.78 Å². The number of hydrogen-bond acceptors (Lipinski definition) is 8. The van der Waals surface area contributed by atoms with Gasteiger partial charge < -0.3 is 34.9 Å². The molecule has 0 bridgehead atoms. The molecule has 3 atom stereocenters. The van der Waals surface area contributed by atoms with Gasteiger partial charge in [-0.15, -0.1) is 0 Å². The molecule has 0 spiro atoms. The number of thiocarbonyl (C=S) groups is 1. The van der Waals surface area contributed by atoms with Gasteiger partial charge in [0, 0.05) is 36.0 Å². The van der Waals surface area contributed by atoms with E-state index in [0.717, 1.165) is 30.5 Å². The molecule has 2 aliphatic heterocycles. The summed E-state index contributed by atoms with van der Waals surface area (Å²) in [5.41, 5.74) is 2.77. The maximum Gasteiger partial charge on any atom is 0.256 e. The first-order valence-electron chi connectivity index (χ1n) is 12.7. The summed E-state index contributed by atoms with van der Waals surface area (Å²) in [5.74, 6) is 1.06. The summed E-state index contributed by atoms with van der Waals surface area (Å²) in [5, 5.41) is 10.3. The van der Waals surface area contributed by atoms with E-state index in [1.54, 1.807) is 31.6 Å². The van der Waals surface area contributed by atoms with Crippen molar-refractivity contribution in [2.45, 2.75) is 38.0 Å². The topological polar surface area (TPSA) is 103 Å². The van der Waals surface area contributed by atoms with E-state index in [9.17, 15) is 4.79 Å². The number of fused-ring (bicyclic) bond motifs is 1. The van der Waals surface area contributed by atoms with Crippen LogP contribution in [0.3, 0.4) is 0 Å². The number of carbonyl (C=O) groups is 1. The molecule has 1 aromatic heterocycles. The number of para-hydroxylation sites is 1. The summed E-state index contributed by atoms with van der Waals surface area (Å²) in [6, 6.07) is 7.33. The number of carbonyl (C=O) groups excluding carboxylic acids is 1. The molecule has 3 heterocycles. The number of anilines is 1. The van der Waals surface area contributed by atoms with Crippen LogP contribution in [0, 0.1) is 5.92 Å². The van der Waals surface area contributed by atoms with E-state index < -0.39 is 0 Å². The number of benzene rings is 1. The van der Waals surface area contributed by atoms with E-state index in [1.165, 1.54) is 0 Å². The highest BCUT2D eigenvalue weighted by Crippen LogP contribution is 2.37. The normalized spacial score (nSPS) is 22.9. The Morgan fingerprint density at radius 2 is 2.18 bits per heavy atom. The van der Waals surface area contributed by atoms with Gasteiger partial charge >= 0.3 is 0 Å². The largest absolute Gasteiger partial charge is 0.493 e. The van der Waals surface area contributed by atoms with Crippen molar-refractivity contribution < 1.29 is 23.7 Å². The lowest BCUT2D eigenvalue weighted by Crippen LogP contribution is -2.48. The van der Waals surface area contributed by atoms with Crippen LogP contribution in [-0.4, -0.2) is 61.6 Å². The van der Waals surface area contributed by atoms with E-state index >= 15 is 0 Å². The first kappa shape index (κ1) is 26.7. The standard InChI is InChI=1S/C27H31ClN4O5S/c1-34-25-19(28)5-3-7-21(25)32-27(38)23-24(18-4-2-6-20(18)31-26(23)33)30-12-16-8-9-29-13-22(16)37-15-17-14-35-10-11-36-17/h3,5,7-9,13,17-18,20,30H,2,4,6,10-12,14-15H2,1H3,(H,31,33)(H,32,38). The molecular formula is C27H31ClN4O5S. The maximum absolute atomic E-state index is 13.3. The smallest absolute Gasteiger partial charge is 0.256 e. The number of rotatable bonds is 9. The van der Waals surface area contributed by atoms with Crippen LogP contribution in [0.4, 0.5) is 5.69 Å². The van der Waals surface area contributed by atoms with Gasteiger partial charge in [0.05, 0.1) is 49.4 Å². The number of nitrogens with zero attached hydrogens (tertiary/aromatic N) is 1. The van der Waals surface area contributed by atoms with Crippen LogP contribution in [0.2, 0.25) is 5.02 Å². The molecule has 1 saturated heterocycles. The third kappa shape index (κ3) is 5.88. The second-order valence-electron chi connectivity index (χ2n) is 9.40. The zero-order valence-corrected chi connectivity index (χ0v) is 22.7. The average molecular weight is 559 g/mol. The molecule has 3 N–H and O–H groups in total. The van der Waals surface area contributed by atoms with Gasteiger partial charge in [0.25, 0.3) is 5.91 Å². The molecular weight excluding hydrogens is 528 g/mol. The Bertz CT molecular complexity index is 1220. The molecule has 5 rings (SSSR count). The summed E-state index contributed by atoms with van der Waals surface area (Å²) < 4.78 is 22.7. The van der Waals surface area contributed by atoms with Crippen molar-refractivity contribution >= 4 is 40.4 Å². The van der Waals surface area contributed by atoms with E-state index in [0.29, 0.717) is 65.7 Å². The fourth-order valence-electron chi connectivity index (χ4n) is 5.16. The van der Waals surface area contributed by atoms with Crippen molar-refractivity contribution in [1.29, 1.82) is 0 Å². The monoisotopic (exact) mass is 558 g/mol. The zero-order valence-electron chi connectivity index (χ0n) is 21.1. The zero-order chi connectivity index (χ0) is 26.5. The molecule has 9 nitrogen and oxygen atoms in total. The van der Waals surface area contributed by atoms with E-state index in [1.807, 2.05) is 12.1 Å². The van der Waals surface area contributed by atoms with Crippen LogP contribution in [0.5, 0.6) is 11.5 Å². The minimum atomic E-state index is -0.199. The van der Waals surface area contributed by atoms with E-state index in [-0.39, 0.29) is 24.0 Å². The number of aromatic nitrogens is 1. The average Bonchev–Trinajstić information content (AvgIpc) is 3.39. The Morgan fingerprint density at radius 1 is 1.29 bits per heavy atom. The Balaban J connectivity index is 1.38. The predicted octanol–water partition coefficient (Wildman–Crippen LogP) is 3.62. The number of methoxy groups -OCH3 is 1. The van der Waals surface area contributed by atoms with Gasteiger partial charge in [0.15, 0.2) is 5.75 Å². The minimum absolute atomic E-state index is 0.0777. The lowest BCUT2D eigenvalue weighted by molar-refractivity contribution is -0.118. The maximum atomic E-state index is 13.3. The Hall–Kier alpha value is -2.92. The molecule has 1 aliphatic carbocycles. The fraction of sp³-hybridized carbons (Fsp3) is 0.444. The molecule has 1 aromatic carbocycles. The van der Waals surface area contributed by atoms with Crippen molar-refractivity contribution in [2.75, 3.05) is 38.9 Å². The van der Waals surface area contributed by atoms with Crippen LogP contribution in [0.15, 0.2) is 47.9 Å². The Kier molecular flexibility index (Phi) is 8.63. The highest BCUT2D eigenvalue weighted by molar-refractivity contribution is 7.81. The van der Waals surface area contributed by atoms with Crippen LogP contribution in [-0.2, 0) is 20.8 Å². The third-order valence-electron chi connectivity index (χ3n) is 7.00. The third-order valence-corrected chi connectivity index (χ3v) is 7.60. The molecule has 1 saturated carbocycles. The van der Waals surface area contributed by atoms with Gasteiger partial charge in [-0.1, -0.05) is 36.3 Å². The molecule has 38 heavy (non-hydrogen) atoms. The van der Waals surface area contributed by atoms with Crippen molar-refractivity contribution in [3.8, 4) is 11.5 Å². The molecule has 1 amide bonds. The van der Waals surface area contributed by atoms with Gasteiger partial charge in [-0.05, 0) is 31.0 Å². The van der Waals surface area contributed by atoms with E-state index in [2.05, 4.69) is 20.9 Å². The van der Waals surface area contributed by atoms with Crippen molar-refractivity contribution in [3.63, 3.8) is 0 Å². The summed E-state index contributed by atoms with van der Waals surface area (Å²) in [4.78, 5) is 17.8. The van der Waals surface area contributed by atoms with Crippen LogP contribution in [0.1, 0.15) is 24.8 Å². The van der Waals surface area contributed by atoms with Gasteiger partial charge in [0.1, 0.15) is 23.4 Å². The molecule has 202 valence electrons. The number of hydrogen-bond donors (Lipinski definition) is 3. The van der Waals surface area contributed by atoms with Crippen LogP contribution in [0.25, 0.3) is 0 Å². The Labute approximate surface area is 232 Å². The number of ether oxygens (including phenoxy) is 4. The summed E-state index contributed by atoms with van der Waals surface area (Å²) in [6.45, 7) is 2.48. The van der Waals surface area contributed by atoms with Gasteiger partial charge in [-0.25, -0.2) is 0 Å². The molecule has 3 unspecified atom stereocenters. The second kappa shape index (κ2) is 12.3. The Morgan fingerprint density at radius 3 is 3.00 bits per heavy atom. The highest BCUT2D eigenvalue weighted by atomic mass is 35.5. The molecule has 2 aromatic rings. The number of pyridine rings is 1. The van der Waals surface area contributed by atoms with Crippen molar-refractivity contribution in [1.82, 2.24) is 15.6 Å². The number of nitrogens with one attached hydrogen (secondary N) is 3. The van der Waals surface area contributed by atoms with Crippen molar-refractivity contribution in [3.05, 3.63) is 58.5 Å². The van der Waals surface area contributed by atoms with Crippen LogP contribution >= 0.6 is 23.8 Å². The molecule has 0 radical (unpaired) electrons. The first-order valence-corrected chi connectivity index (χ1v) is 13.5. The van der Waals surface area contributed by atoms with Crippen molar-refractivity contribution in [2.24, 2.45) is 5.92 Å². The summed E-state index contributed by atoms with van der Waals surface area (Å²) in [7, 11) is 1.54. The SMILES string of the molecule is COc1c(Cl)cccc1NC(=S)C1=C(NCc2ccncc2OCC2COCCO2)C2CCCC2NC1=O. The first-order chi connectivity index (χ1) is 18.5. The quantitative estimate of drug-likeness (QED) is 0.398. The summed E-state index contributed by atoms with van der Waals surface area (Å²) >= 11 is 12.1. The summed E-state index contributed by atoms with van der Waals surface area (Å²) in [6.07, 6.45) is 6.22. The number of halogens is 1. The second-order valence-corrected chi connectivity index (χ2v) is 10.2.